The van der Waals surface area contributed by atoms with Crippen LogP contribution < -0.4 is 10.2 Å². The number of fused-ring (bicyclic) bond motifs is 1. The molecule has 1 aliphatic rings. The van der Waals surface area contributed by atoms with Crippen LogP contribution in [-0.4, -0.2) is 22.6 Å². The molecule has 2 heterocycles. The summed E-state index contributed by atoms with van der Waals surface area (Å²) < 4.78 is 4.98. The summed E-state index contributed by atoms with van der Waals surface area (Å²) >= 11 is 0. The number of aromatic nitrogens is 2. The van der Waals surface area contributed by atoms with E-state index in [4.69, 9.17) is 4.52 Å². The zero-order valence-corrected chi connectivity index (χ0v) is 10.6. The predicted molar refractivity (Wildman–Crippen MR) is 69.8 cm³/mol. The Kier molecular flexibility index (Phi) is 2.91. The second-order valence-corrected chi connectivity index (χ2v) is 4.47. The third kappa shape index (κ3) is 2.42. The van der Waals surface area contributed by atoms with Gasteiger partial charge >= 0.3 is 0 Å². The highest BCUT2D eigenvalue weighted by molar-refractivity contribution is 5.96. The van der Waals surface area contributed by atoms with Crippen LogP contribution in [0.4, 0.5) is 11.4 Å². The summed E-state index contributed by atoms with van der Waals surface area (Å²) in [6, 6.07) is 7.73. The molecule has 1 aromatic heterocycles. The van der Waals surface area contributed by atoms with E-state index < -0.39 is 0 Å². The van der Waals surface area contributed by atoms with Gasteiger partial charge in [-0.1, -0.05) is 17.3 Å². The molecule has 0 saturated heterocycles. The second-order valence-electron chi connectivity index (χ2n) is 4.47. The van der Waals surface area contributed by atoms with Crippen LogP contribution >= 0.6 is 0 Å². The molecule has 0 spiro atoms. The van der Waals surface area contributed by atoms with Crippen LogP contribution in [0.2, 0.25) is 0 Å². The lowest BCUT2D eigenvalue weighted by Crippen LogP contribution is -2.24. The molecule has 1 amide bonds. The first kappa shape index (κ1) is 11.7. The molecule has 0 unspecified atom stereocenters. The summed E-state index contributed by atoms with van der Waals surface area (Å²) in [6.07, 6.45) is 0.450. The standard InChI is InChI=1S/C13H14N4O2/c1-9-14-12(16-19-9)8-17-7-6-13(18)15-10-4-2-3-5-11(10)17/h2-5H,6-8H2,1H3,(H,15,18). The molecular weight excluding hydrogens is 244 g/mol. The number of hydrogen-bond donors (Lipinski definition) is 1. The van der Waals surface area contributed by atoms with Gasteiger partial charge in [-0.15, -0.1) is 0 Å². The van der Waals surface area contributed by atoms with Crippen LogP contribution in [0.15, 0.2) is 28.8 Å². The van der Waals surface area contributed by atoms with E-state index in [1.54, 1.807) is 6.92 Å². The van der Waals surface area contributed by atoms with Gasteiger partial charge < -0.3 is 14.7 Å². The fourth-order valence-corrected chi connectivity index (χ4v) is 2.17. The smallest absolute Gasteiger partial charge is 0.226 e. The van der Waals surface area contributed by atoms with E-state index >= 15 is 0 Å². The molecule has 19 heavy (non-hydrogen) atoms. The van der Waals surface area contributed by atoms with E-state index in [0.717, 1.165) is 11.4 Å². The molecule has 0 fully saturated rings. The average Bonchev–Trinajstić information content (AvgIpc) is 2.73. The summed E-state index contributed by atoms with van der Waals surface area (Å²) in [5, 5.41) is 6.80. The van der Waals surface area contributed by atoms with Crippen LogP contribution in [0, 0.1) is 6.92 Å². The minimum Gasteiger partial charge on any atom is -0.362 e. The highest BCUT2D eigenvalue weighted by Gasteiger charge is 2.20. The molecule has 1 N–H and O–H groups in total. The normalized spacial score (nSPS) is 14.8. The van der Waals surface area contributed by atoms with E-state index in [0.29, 0.717) is 31.2 Å². The molecule has 6 heteroatoms. The van der Waals surface area contributed by atoms with Gasteiger partial charge in [-0.05, 0) is 12.1 Å². The highest BCUT2D eigenvalue weighted by atomic mass is 16.5. The number of amides is 1. The maximum absolute atomic E-state index is 11.7. The molecule has 6 nitrogen and oxygen atoms in total. The lowest BCUT2D eigenvalue weighted by atomic mass is 10.2. The van der Waals surface area contributed by atoms with Gasteiger partial charge in [-0.2, -0.15) is 4.98 Å². The van der Waals surface area contributed by atoms with E-state index in [1.807, 2.05) is 24.3 Å². The van der Waals surface area contributed by atoms with Crippen LogP contribution in [0.1, 0.15) is 18.1 Å². The van der Waals surface area contributed by atoms with Gasteiger partial charge in [0.2, 0.25) is 11.8 Å². The summed E-state index contributed by atoms with van der Waals surface area (Å²) in [6.45, 7) is 2.93. The topological polar surface area (TPSA) is 71.3 Å². The molecular formula is C13H14N4O2. The van der Waals surface area contributed by atoms with Gasteiger partial charge in [0, 0.05) is 19.9 Å². The number of hydrogen-bond acceptors (Lipinski definition) is 5. The molecule has 98 valence electrons. The second kappa shape index (κ2) is 4.72. The number of rotatable bonds is 2. The Bertz CT molecular complexity index is 608. The zero-order valence-electron chi connectivity index (χ0n) is 10.6. The Morgan fingerprint density at radius 3 is 3.05 bits per heavy atom. The van der Waals surface area contributed by atoms with Crippen molar-refractivity contribution in [3.05, 3.63) is 36.0 Å². The van der Waals surface area contributed by atoms with Gasteiger partial charge in [-0.25, -0.2) is 0 Å². The monoisotopic (exact) mass is 258 g/mol. The first-order valence-electron chi connectivity index (χ1n) is 6.15. The number of anilines is 2. The Morgan fingerprint density at radius 2 is 2.26 bits per heavy atom. The molecule has 2 aromatic rings. The fourth-order valence-electron chi connectivity index (χ4n) is 2.17. The first-order chi connectivity index (χ1) is 9.22. The summed E-state index contributed by atoms with van der Waals surface area (Å²) in [5.41, 5.74) is 1.81. The Hall–Kier alpha value is -2.37. The van der Waals surface area contributed by atoms with Gasteiger partial charge in [0.15, 0.2) is 5.82 Å². The average molecular weight is 258 g/mol. The van der Waals surface area contributed by atoms with Crippen molar-refractivity contribution in [1.29, 1.82) is 0 Å². The molecule has 0 aliphatic carbocycles. The van der Waals surface area contributed by atoms with E-state index in [9.17, 15) is 4.79 Å². The Labute approximate surface area is 110 Å². The van der Waals surface area contributed by atoms with Crippen molar-refractivity contribution in [3.63, 3.8) is 0 Å². The van der Waals surface area contributed by atoms with E-state index in [-0.39, 0.29) is 5.91 Å². The van der Waals surface area contributed by atoms with Crippen LogP contribution in [0.3, 0.4) is 0 Å². The van der Waals surface area contributed by atoms with Gasteiger partial charge in [0.25, 0.3) is 0 Å². The Balaban J connectivity index is 1.90. The Morgan fingerprint density at radius 1 is 1.42 bits per heavy atom. The SMILES string of the molecule is Cc1nc(CN2CCC(=O)Nc3ccccc32)no1. The zero-order chi connectivity index (χ0) is 13.2. The van der Waals surface area contributed by atoms with E-state index in [2.05, 4.69) is 20.4 Å². The van der Waals surface area contributed by atoms with Crippen molar-refractivity contribution in [2.45, 2.75) is 19.9 Å². The minimum absolute atomic E-state index is 0.0271. The third-order valence-corrected chi connectivity index (χ3v) is 3.03. The molecule has 0 atom stereocenters. The molecule has 1 aliphatic heterocycles. The first-order valence-corrected chi connectivity index (χ1v) is 6.15. The van der Waals surface area contributed by atoms with Crippen molar-refractivity contribution in [2.24, 2.45) is 0 Å². The number of benzene rings is 1. The third-order valence-electron chi connectivity index (χ3n) is 3.03. The van der Waals surface area contributed by atoms with Gasteiger partial charge in [0.1, 0.15) is 0 Å². The predicted octanol–water partition coefficient (Wildman–Crippen LogP) is 1.73. The molecule has 0 radical (unpaired) electrons. The molecule has 0 saturated carbocycles. The summed E-state index contributed by atoms with van der Waals surface area (Å²) in [4.78, 5) is 17.9. The number of nitrogens with one attached hydrogen (secondary N) is 1. The summed E-state index contributed by atoms with van der Waals surface area (Å²) in [7, 11) is 0. The highest BCUT2D eigenvalue weighted by Crippen LogP contribution is 2.29. The lowest BCUT2D eigenvalue weighted by molar-refractivity contribution is -0.115. The van der Waals surface area contributed by atoms with Crippen molar-refractivity contribution in [2.75, 3.05) is 16.8 Å². The van der Waals surface area contributed by atoms with Crippen molar-refractivity contribution >= 4 is 17.3 Å². The number of aryl methyl sites for hydroxylation is 1. The minimum atomic E-state index is 0.0271. The molecule has 1 aromatic carbocycles. The quantitative estimate of drug-likeness (QED) is 0.888. The van der Waals surface area contributed by atoms with Gasteiger partial charge in [-0.3, -0.25) is 4.79 Å². The van der Waals surface area contributed by atoms with Crippen LogP contribution in [-0.2, 0) is 11.3 Å². The van der Waals surface area contributed by atoms with Crippen molar-refractivity contribution in [1.82, 2.24) is 10.1 Å². The maximum Gasteiger partial charge on any atom is 0.226 e. The van der Waals surface area contributed by atoms with Gasteiger partial charge in [0.05, 0.1) is 17.9 Å². The molecule has 3 rings (SSSR count). The maximum atomic E-state index is 11.7. The fraction of sp³-hybridized carbons (Fsp3) is 0.308. The lowest BCUT2D eigenvalue weighted by Gasteiger charge is -2.22. The number of nitrogens with zero attached hydrogens (tertiary/aromatic N) is 3. The largest absolute Gasteiger partial charge is 0.362 e. The molecule has 0 bridgehead atoms. The van der Waals surface area contributed by atoms with Crippen molar-refractivity contribution < 1.29 is 9.32 Å². The van der Waals surface area contributed by atoms with E-state index in [1.165, 1.54) is 0 Å². The number of carbonyl (C=O) groups excluding carboxylic acids is 1. The summed E-state index contributed by atoms with van der Waals surface area (Å²) in [5.74, 6) is 1.20. The van der Waals surface area contributed by atoms with Crippen LogP contribution in [0.5, 0.6) is 0 Å². The van der Waals surface area contributed by atoms with Crippen molar-refractivity contribution in [3.8, 4) is 0 Å². The number of para-hydroxylation sites is 2. The number of carbonyl (C=O) groups is 1. The van der Waals surface area contributed by atoms with Crippen LogP contribution in [0.25, 0.3) is 0 Å².